The van der Waals surface area contributed by atoms with Crippen LogP contribution in [0.5, 0.6) is 0 Å². The van der Waals surface area contributed by atoms with Crippen LogP contribution in [0.25, 0.3) is 0 Å². The summed E-state index contributed by atoms with van der Waals surface area (Å²) in [4.78, 5) is 21.9. The topological polar surface area (TPSA) is 84.3 Å². The summed E-state index contributed by atoms with van der Waals surface area (Å²) in [5.41, 5.74) is -0.280. The van der Waals surface area contributed by atoms with Gasteiger partial charge >= 0.3 is 0 Å². The highest BCUT2D eigenvalue weighted by Crippen LogP contribution is 2.25. The van der Waals surface area contributed by atoms with Crippen molar-refractivity contribution in [2.75, 3.05) is 11.9 Å². The number of hydrogen-bond donors (Lipinski definition) is 2. The number of nitrogens with one attached hydrogen (secondary N) is 2. The van der Waals surface area contributed by atoms with E-state index in [0.29, 0.717) is 12.5 Å². The second-order valence-electron chi connectivity index (χ2n) is 4.92. The Morgan fingerprint density at radius 1 is 1.40 bits per heavy atom. The monoisotopic (exact) mass is 283 g/mol. The molecular weight excluding hydrogens is 265 g/mol. The van der Waals surface area contributed by atoms with E-state index in [4.69, 9.17) is 0 Å². The molecule has 0 spiro atoms. The van der Waals surface area contributed by atoms with Crippen molar-refractivity contribution in [1.82, 2.24) is 5.32 Å². The Balaban J connectivity index is 2.77. The Kier molecular flexibility index (Phi) is 5.42. The quantitative estimate of drug-likeness (QED) is 0.619. The van der Waals surface area contributed by atoms with E-state index < -0.39 is 22.5 Å². The first-order valence-corrected chi connectivity index (χ1v) is 6.29. The van der Waals surface area contributed by atoms with Crippen molar-refractivity contribution in [3.63, 3.8) is 0 Å². The molecule has 6 nitrogen and oxygen atoms in total. The minimum absolute atomic E-state index is 0.114. The molecule has 20 heavy (non-hydrogen) atoms. The van der Waals surface area contributed by atoms with Gasteiger partial charge in [0.2, 0.25) is 5.91 Å². The molecule has 0 bridgehead atoms. The van der Waals surface area contributed by atoms with Crippen LogP contribution in [-0.2, 0) is 4.79 Å². The van der Waals surface area contributed by atoms with Gasteiger partial charge in [0.15, 0.2) is 0 Å². The van der Waals surface area contributed by atoms with Crippen LogP contribution >= 0.6 is 0 Å². The molecule has 0 radical (unpaired) electrons. The van der Waals surface area contributed by atoms with E-state index in [2.05, 4.69) is 10.6 Å². The summed E-state index contributed by atoms with van der Waals surface area (Å²) in [6.07, 6.45) is 0. The second-order valence-corrected chi connectivity index (χ2v) is 4.92. The molecule has 1 aromatic rings. The number of anilines is 1. The molecule has 7 heteroatoms. The van der Waals surface area contributed by atoms with Gasteiger partial charge in [0.05, 0.1) is 11.0 Å². The van der Waals surface area contributed by atoms with Crippen molar-refractivity contribution < 1.29 is 14.1 Å². The lowest BCUT2D eigenvalue weighted by molar-refractivity contribution is -0.384. The SMILES string of the molecule is CC(C)CNC(=O)C(C)Nc1ccc(F)cc1[N+](=O)[O-]. The molecule has 0 saturated carbocycles. The highest BCUT2D eigenvalue weighted by atomic mass is 19.1. The maximum absolute atomic E-state index is 13.0. The smallest absolute Gasteiger partial charge is 0.295 e. The summed E-state index contributed by atoms with van der Waals surface area (Å²) in [6.45, 7) is 6.03. The normalized spacial score (nSPS) is 12.1. The predicted molar refractivity (Wildman–Crippen MR) is 74.0 cm³/mol. The highest BCUT2D eigenvalue weighted by Gasteiger charge is 2.19. The number of amides is 1. The molecule has 2 N–H and O–H groups in total. The minimum atomic E-state index is -0.695. The molecule has 1 rings (SSSR count). The molecule has 0 aliphatic rings. The molecule has 0 fully saturated rings. The average molecular weight is 283 g/mol. The van der Waals surface area contributed by atoms with Crippen LogP contribution in [0, 0.1) is 21.8 Å². The first-order valence-electron chi connectivity index (χ1n) is 6.29. The van der Waals surface area contributed by atoms with E-state index in [-0.39, 0.29) is 11.6 Å². The van der Waals surface area contributed by atoms with E-state index in [9.17, 15) is 19.3 Å². The standard InChI is InChI=1S/C13H18FN3O3/c1-8(2)7-15-13(18)9(3)16-11-5-4-10(14)6-12(11)17(19)20/h4-6,8-9,16H,7H2,1-3H3,(H,15,18). The summed E-state index contributed by atoms with van der Waals surface area (Å²) in [5.74, 6) is -0.650. The number of nitro groups is 1. The number of nitrogens with zero attached hydrogens (tertiary/aromatic N) is 1. The third-order valence-corrected chi connectivity index (χ3v) is 2.61. The molecule has 1 aromatic carbocycles. The van der Waals surface area contributed by atoms with Crippen LogP contribution < -0.4 is 10.6 Å². The third-order valence-electron chi connectivity index (χ3n) is 2.61. The van der Waals surface area contributed by atoms with E-state index in [0.717, 1.165) is 12.1 Å². The Morgan fingerprint density at radius 3 is 2.60 bits per heavy atom. The van der Waals surface area contributed by atoms with Crippen LogP contribution in [0.1, 0.15) is 20.8 Å². The second kappa shape index (κ2) is 6.83. The Bertz CT molecular complexity index is 506. The summed E-state index contributed by atoms with van der Waals surface area (Å²) < 4.78 is 13.0. The lowest BCUT2D eigenvalue weighted by Gasteiger charge is -2.16. The molecule has 0 aliphatic carbocycles. The first kappa shape index (κ1) is 15.9. The van der Waals surface area contributed by atoms with E-state index in [1.54, 1.807) is 6.92 Å². The van der Waals surface area contributed by atoms with Gasteiger partial charge in [-0.15, -0.1) is 0 Å². The average Bonchev–Trinajstić information content (AvgIpc) is 2.37. The van der Waals surface area contributed by atoms with Crippen molar-refractivity contribution in [3.05, 3.63) is 34.1 Å². The number of rotatable bonds is 6. The summed E-state index contributed by atoms with van der Waals surface area (Å²) in [6, 6.07) is 2.52. The fourth-order valence-corrected chi connectivity index (χ4v) is 1.53. The maximum Gasteiger partial charge on any atom is 0.295 e. The molecule has 1 unspecified atom stereocenters. The van der Waals surface area contributed by atoms with Gasteiger partial charge in [0.25, 0.3) is 5.69 Å². The van der Waals surface area contributed by atoms with Crippen molar-refractivity contribution >= 4 is 17.3 Å². The fourth-order valence-electron chi connectivity index (χ4n) is 1.53. The van der Waals surface area contributed by atoms with Crippen molar-refractivity contribution in [3.8, 4) is 0 Å². The van der Waals surface area contributed by atoms with Crippen molar-refractivity contribution in [2.45, 2.75) is 26.8 Å². The van der Waals surface area contributed by atoms with Crippen LogP contribution in [-0.4, -0.2) is 23.4 Å². The van der Waals surface area contributed by atoms with Gasteiger partial charge in [-0.2, -0.15) is 0 Å². The van der Waals surface area contributed by atoms with Crippen LogP contribution in [0.4, 0.5) is 15.8 Å². The number of carbonyl (C=O) groups is 1. The molecule has 0 saturated heterocycles. The number of halogens is 1. The van der Waals surface area contributed by atoms with Gasteiger partial charge in [-0.3, -0.25) is 14.9 Å². The Morgan fingerprint density at radius 2 is 2.05 bits per heavy atom. The minimum Gasteiger partial charge on any atom is -0.368 e. The Labute approximate surface area is 116 Å². The lowest BCUT2D eigenvalue weighted by atomic mass is 10.2. The first-order chi connectivity index (χ1) is 9.31. The molecule has 0 heterocycles. The van der Waals surface area contributed by atoms with E-state index in [1.807, 2.05) is 13.8 Å². The largest absolute Gasteiger partial charge is 0.368 e. The molecule has 0 aromatic heterocycles. The van der Waals surface area contributed by atoms with Gasteiger partial charge in [-0.25, -0.2) is 4.39 Å². The van der Waals surface area contributed by atoms with E-state index >= 15 is 0 Å². The zero-order valence-corrected chi connectivity index (χ0v) is 11.6. The molecule has 1 amide bonds. The fraction of sp³-hybridized carbons (Fsp3) is 0.462. The maximum atomic E-state index is 13.0. The van der Waals surface area contributed by atoms with Gasteiger partial charge in [0, 0.05) is 6.54 Å². The van der Waals surface area contributed by atoms with Crippen molar-refractivity contribution in [2.24, 2.45) is 5.92 Å². The van der Waals surface area contributed by atoms with Crippen LogP contribution in [0.3, 0.4) is 0 Å². The lowest BCUT2D eigenvalue weighted by Crippen LogP contribution is -2.39. The molecule has 1 atom stereocenters. The van der Waals surface area contributed by atoms with Gasteiger partial charge < -0.3 is 10.6 Å². The number of nitro benzene ring substituents is 1. The predicted octanol–water partition coefficient (Wildman–Crippen LogP) is 2.31. The van der Waals surface area contributed by atoms with E-state index in [1.165, 1.54) is 6.07 Å². The number of benzene rings is 1. The third kappa shape index (κ3) is 4.49. The zero-order valence-electron chi connectivity index (χ0n) is 11.6. The summed E-state index contributed by atoms with van der Waals surface area (Å²) in [5, 5.41) is 16.3. The summed E-state index contributed by atoms with van der Waals surface area (Å²) >= 11 is 0. The van der Waals surface area contributed by atoms with Gasteiger partial charge in [0.1, 0.15) is 17.5 Å². The van der Waals surface area contributed by atoms with Gasteiger partial charge in [-0.1, -0.05) is 13.8 Å². The van der Waals surface area contributed by atoms with Gasteiger partial charge in [-0.05, 0) is 25.0 Å². The molecule has 110 valence electrons. The number of carbonyl (C=O) groups excluding carboxylic acids is 1. The van der Waals surface area contributed by atoms with Crippen LogP contribution in [0.2, 0.25) is 0 Å². The number of hydrogen-bond acceptors (Lipinski definition) is 4. The van der Waals surface area contributed by atoms with Crippen molar-refractivity contribution in [1.29, 1.82) is 0 Å². The summed E-state index contributed by atoms with van der Waals surface area (Å²) in [7, 11) is 0. The molecule has 0 aliphatic heterocycles. The highest BCUT2D eigenvalue weighted by molar-refractivity contribution is 5.85. The molecular formula is C13H18FN3O3. The Hall–Kier alpha value is -2.18. The zero-order chi connectivity index (χ0) is 15.3. The van der Waals surface area contributed by atoms with Crippen LogP contribution in [0.15, 0.2) is 18.2 Å².